The maximum atomic E-state index is 12.1. The van der Waals surface area contributed by atoms with E-state index < -0.39 is 0 Å². The molecular weight excluding hydrogens is 368 g/mol. The SMILES string of the molecule is O=C(NCc1ccccc1)c1cnc(Nc2ccc(Br)cc2)nc1. The average molecular weight is 383 g/mol. The van der Waals surface area contributed by atoms with E-state index in [1.807, 2.05) is 54.6 Å². The number of anilines is 2. The molecule has 0 bridgehead atoms. The molecule has 0 aliphatic rings. The van der Waals surface area contributed by atoms with Crippen molar-refractivity contribution in [3.05, 3.63) is 82.6 Å². The van der Waals surface area contributed by atoms with Crippen molar-refractivity contribution in [2.45, 2.75) is 6.54 Å². The summed E-state index contributed by atoms with van der Waals surface area (Å²) < 4.78 is 0.999. The van der Waals surface area contributed by atoms with Crippen LogP contribution in [0, 0.1) is 0 Å². The molecule has 0 fully saturated rings. The minimum Gasteiger partial charge on any atom is -0.348 e. The van der Waals surface area contributed by atoms with Crippen LogP contribution in [0.3, 0.4) is 0 Å². The summed E-state index contributed by atoms with van der Waals surface area (Å²) in [4.78, 5) is 20.5. The van der Waals surface area contributed by atoms with Crippen LogP contribution in [0.25, 0.3) is 0 Å². The lowest BCUT2D eigenvalue weighted by Gasteiger charge is -2.07. The van der Waals surface area contributed by atoms with Gasteiger partial charge in [-0.2, -0.15) is 0 Å². The van der Waals surface area contributed by atoms with Gasteiger partial charge in [-0.15, -0.1) is 0 Å². The Bertz CT molecular complexity index is 805. The van der Waals surface area contributed by atoms with Crippen molar-refractivity contribution in [1.29, 1.82) is 0 Å². The zero-order valence-corrected chi connectivity index (χ0v) is 14.3. The van der Waals surface area contributed by atoms with Crippen molar-refractivity contribution in [2.75, 3.05) is 5.32 Å². The molecule has 2 N–H and O–H groups in total. The summed E-state index contributed by atoms with van der Waals surface area (Å²) in [5, 5.41) is 5.93. The van der Waals surface area contributed by atoms with Crippen molar-refractivity contribution < 1.29 is 4.79 Å². The number of benzene rings is 2. The number of aromatic nitrogens is 2. The Hall–Kier alpha value is -2.73. The van der Waals surface area contributed by atoms with E-state index >= 15 is 0 Å². The van der Waals surface area contributed by atoms with Crippen LogP contribution in [0.15, 0.2) is 71.5 Å². The molecule has 0 saturated heterocycles. The standard InChI is InChI=1S/C18H15BrN4O/c19-15-6-8-16(9-7-15)23-18-21-11-14(12-22-18)17(24)20-10-13-4-2-1-3-5-13/h1-9,11-12H,10H2,(H,20,24)(H,21,22,23). The second-order valence-corrected chi connectivity index (χ2v) is 6.01. The molecule has 1 aromatic heterocycles. The van der Waals surface area contributed by atoms with Crippen LogP contribution in [-0.4, -0.2) is 15.9 Å². The van der Waals surface area contributed by atoms with E-state index in [9.17, 15) is 4.79 Å². The van der Waals surface area contributed by atoms with Crippen LogP contribution < -0.4 is 10.6 Å². The fraction of sp³-hybridized carbons (Fsp3) is 0.0556. The van der Waals surface area contributed by atoms with Crippen LogP contribution in [-0.2, 0) is 6.54 Å². The lowest BCUT2D eigenvalue weighted by molar-refractivity contribution is 0.0950. The molecule has 3 rings (SSSR count). The fourth-order valence-electron chi connectivity index (χ4n) is 2.05. The number of amides is 1. The first-order valence-electron chi connectivity index (χ1n) is 7.37. The van der Waals surface area contributed by atoms with Crippen molar-refractivity contribution in [3.8, 4) is 0 Å². The van der Waals surface area contributed by atoms with Crippen LogP contribution in [0.1, 0.15) is 15.9 Å². The molecule has 5 nitrogen and oxygen atoms in total. The highest BCUT2D eigenvalue weighted by Crippen LogP contribution is 2.16. The average Bonchev–Trinajstić information content (AvgIpc) is 2.63. The first-order valence-corrected chi connectivity index (χ1v) is 8.17. The number of hydrogen-bond donors (Lipinski definition) is 2. The van der Waals surface area contributed by atoms with E-state index in [2.05, 4.69) is 36.5 Å². The Labute approximate surface area is 148 Å². The van der Waals surface area contributed by atoms with E-state index in [1.54, 1.807) is 0 Å². The first kappa shape index (κ1) is 16.1. The monoisotopic (exact) mass is 382 g/mol. The van der Waals surface area contributed by atoms with Crippen LogP contribution in [0.2, 0.25) is 0 Å². The van der Waals surface area contributed by atoms with E-state index in [-0.39, 0.29) is 5.91 Å². The molecule has 0 spiro atoms. The largest absolute Gasteiger partial charge is 0.348 e. The summed E-state index contributed by atoms with van der Waals surface area (Å²) >= 11 is 3.38. The number of nitrogens with one attached hydrogen (secondary N) is 2. The van der Waals surface area contributed by atoms with Gasteiger partial charge in [0.05, 0.1) is 5.56 Å². The molecular formula is C18H15BrN4O. The Balaban J connectivity index is 1.59. The third-order valence-corrected chi connectivity index (χ3v) is 3.84. The lowest BCUT2D eigenvalue weighted by Crippen LogP contribution is -2.23. The number of rotatable bonds is 5. The molecule has 6 heteroatoms. The van der Waals surface area contributed by atoms with Gasteiger partial charge in [0.15, 0.2) is 0 Å². The summed E-state index contributed by atoms with van der Waals surface area (Å²) in [5.41, 5.74) is 2.34. The predicted molar refractivity (Wildman–Crippen MR) is 97.1 cm³/mol. The van der Waals surface area contributed by atoms with Gasteiger partial charge in [0.1, 0.15) is 0 Å². The highest BCUT2D eigenvalue weighted by Gasteiger charge is 2.07. The molecule has 2 aromatic carbocycles. The normalized spacial score (nSPS) is 10.2. The number of nitrogens with zero attached hydrogens (tertiary/aromatic N) is 2. The number of hydrogen-bond acceptors (Lipinski definition) is 4. The van der Waals surface area contributed by atoms with Gasteiger partial charge in [0.2, 0.25) is 5.95 Å². The van der Waals surface area contributed by atoms with Crippen LogP contribution in [0.5, 0.6) is 0 Å². The Morgan fingerprint density at radius 3 is 2.29 bits per heavy atom. The lowest BCUT2D eigenvalue weighted by atomic mass is 10.2. The molecule has 0 unspecified atom stereocenters. The maximum Gasteiger partial charge on any atom is 0.254 e. The second-order valence-electron chi connectivity index (χ2n) is 5.10. The molecule has 24 heavy (non-hydrogen) atoms. The fourth-order valence-corrected chi connectivity index (χ4v) is 2.32. The highest BCUT2D eigenvalue weighted by molar-refractivity contribution is 9.10. The van der Waals surface area contributed by atoms with Crippen LogP contribution >= 0.6 is 15.9 Å². The van der Waals surface area contributed by atoms with Gasteiger partial charge in [0.25, 0.3) is 5.91 Å². The Kier molecular flexibility index (Phi) is 5.18. The van der Waals surface area contributed by atoms with Gasteiger partial charge in [-0.3, -0.25) is 4.79 Å². The van der Waals surface area contributed by atoms with E-state index in [0.717, 1.165) is 15.7 Å². The number of carbonyl (C=O) groups excluding carboxylic acids is 1. The second kappa shape index (κ2) is 7.70. The van der Waals surface area contributed by atoms with Crippen molar-refractivity contribution >= 4 is 33.5 Å². The molecule has 0 saturated carbocycles. The van der Waals surface area contributed by atoms with Crippen molar-refractivity contribution in [1.82, 2.24) is 15.3 Å². The van der Waals surface area contributed by atoms with Crippen molar-refractivity contribution in [3.63, 3.8) is 0 Å². The minimum atomic E-state index is -0.200. The zero-order valence-electron chi connectivity index (χ0n) is 12.7. The maximum absolute atomic E-state index is 12.1. The smallest absolute Gasteiger partial charge is 0.254 e. The van der Waals surface area contributed by atoms with Gasteiger partial charge in [0, 0.05) is 29.1 Å². The molecule has 0 aliphatic heterocycles. The van der Waals surface area contributed by atoms with E-state index in [0.29, 0.717) is 18.1 Å². The summed E-state index contributed by atoms with van der Waals surface area (Å²) in [5.74, 6) is 0.242. The quantitative estimate of drug-likeness (QED) is 0.701. The first-order chi connectivity index (χ1) is 11.7. The predicted octanol–water partition coefficient (Wildman–Crippen LogP) is 3.91. The summed E-state index contributed by atoms with van der Waals surface area (Å²) in [7, 11) is 0. The molecule has 1 heterocycles. The highest BCUT2D eigenvalue weighted by atomic mass is 79.9. The van der Waals surface area contributed by atoms with Gasteiger partial charge in [-0.1, -0.05) is 46.3 Å². The summed E-state index contributed by atoms with van der Waals surface area (Å²) in [6, 6.07) is 17.4. The molecule has 0 atom stereocenters. The molecule has 3 aromatic rings. The number of carbonyl (C=O) groups is 1. The van der Waals surface area contributed by atoms with Gasteiger partial charge >= 0.3 is 0 Å². The van der Waals surface area contributed by atoms with Gasteiger partial charge < -0.3 is 10.6 Å². The zero-order chi connectivity index (χ0) is 16.8. The summed E-state index contributed by atoms with van der Waals surface area (Å²) in [6.07, 6.45) is 3.02. The Morgan fingerprint density at radius 2 is 1.62 bits per heavy atom. The molecule has 0 aliphatic carbocycles. The van der Waals surface area contributed by atoms with Gasteiger partial charge in [-0.05, 0) is 29.8 Å². The van der Waals surface area contributed by atoms with Gasteiger partial charge in [-0.25, -0.2) is 9.97 Å². The third kappa shape index (κ3) is 4.39. The van der Waals surface area contributed by atoms with E-state index in [1.165, 1.54) is 12.4 Å². The molecule has 0 radical (unpaired) electrons. The van der Waals surface area contributed by atoms with Crippen LogP contribution in [0.4, 0.5) is 11.6 Å². The topological polar surface area (TPSA) is 66.9 Å². The minimum absolute atomic E-state index is 0.200. The molecule has 120 valence electrons. The summed E-state index contributed by atoms with van der Waals surface area (Å²) in [6.45, 7) is 0.471. The third-order valence-electron chi connectivity index (χ3n) is 3.31. The molecule has 1 amide bonds. The van der Waals surface area contributed by atoms with Crippen molar-refractivity contribution in [2.24, 2.45) is 0 Å². The van der Waals surface area contributed by atoms with E-state index in [4.69, 9.17) is 0 Å². The number of halogens is 1. The Morgan fingerprint density at radius 1 is 0.958 bits per heavy atom.